The monoisotopic (exact) mass is 221 g/mol. The molecule has 16 heavy (non-hydrogen) atoms. The lowest BCUT2D eigenvalue weighted by atomic mass is 10.1. The van der Waals surface area contributed by atoms with Gasteiger partial charge in [-0.2, -0.15) is 5.10 Å². The number of nitrogens with zero attached hydrogens (tertiary/aromatic N) is 2. The molecule has 1 aromatic heterocycles. The van der Waals surface area contributed by atoms with E-state index >= 15 is 0 Å². The minimum absolute atomic E-state index is 0.711. The topological polar surface area (TPSA) is 29.9 Å². The smallest absolute Gasteiger partial charge is 0.0537 e. The summed E-state index contributed by atoms with van der Waals surface area (Å²) in [6, 6.07) is 0.775. The second-order valence-electron chi connectivity index (χ2n) is 5.11. The van der Waals surface area contributed by atoms with E-state index in [9.17, 15) is 0 Å². The number of nitrogens with one attached hydrogen (secondary N) is 1. The van der Waals surface area contributed by atoms with Gasteiger partial charge < -0.3 is 5.32 Å². The van der Waals surface area contributed by atoms with Crippen LogP contribution in [0.15, 0.2) is 6.20 Å². The van der Waals surface area contributed by atoms with Crippen molar-refractivity contribution in [1.82, 2.24) is 15.1 Å². The van der Waals surface area contributed by atoms with E-state index in [2.05, 4.69) is 35.9 Å². The lowest BCUT2D eigenvalue weighted by Crippen LogP contribution is -2.16. The first kappa shape index (κ1) is 11.6. The molecule has 1 saturated carbocycles. The highest BCUT2D eigenvalue weighted by molar-refractivity contribution is 5.16. The van der Waals surface area contributed by atoms with Crippen molar-refractivity contribution >= 4 is 0 Å². The van der Waals surface area contributed by atoms with Gasteiger partial charge in [0.15, 0.2) is 0 Å². The van der Waals surface area contributed by atoms with Crippen LogP contribution in [0.4, 0.5) is 0 Å². The van der Waals surface area contributed by atoms with Gasteiger partial charge in [0.2, 0.25) is 0 Å². The molecular formula is C13H23N3. The lowest BCUT2D eigenvalue weighted by Gasteiger charge is -2.10. The maximum absolute atomic E-state index is 4.48. The largest absolute Gasteiger partial charge is 0.310 e. The summed E-state index contributed by atoms with van der Waals surface area (Å²) in [5.74, 6) is 0.711. The summed E-state index contributed by atoms with van der Waals surface area (Å²) in [5, 5.41) is 8.02. The molecule has 1 unspecified atom stereocenters. The Morgan fingerprint density at radius 3 is 2.94 bits per heavy atom. The zero-order valence-electron chi connectivity index (χ0n) is 10.7. The molecule has 0 saturated heterocycles. The van der Waals surface area contributed by atoms with Crippen LogP contribution in [-0.4, -0.2) is 15.8 Å². The van der Waals surface area contributed by atoms with Crippen LogP contribution in [0.5, 0.6) is 0 Å². The Morgan fingerprint density at radius 2 is 2.31 bits per heavy atom. The van der Waals surface area contributed by atoms with Gasteiger partial charge in [0.25, 0.3) is 0 Å². The minimum Gasteiger partial charge on any atom is -0.310 e. The van der Waals surface area contributed by atoms with Gasteiger partial charge in [-0.15, -0.1) is 0 Å². The van der Waals surface area contributed by atoms with Gasteiger partial charge >= 0.3 is 0 Å². The van der Waals surface area contributed by atoms with Crippen LogP contribution in [0.1, 0.15) is 44.4 Å². The first-order valence-electron chi connectivity index (χ1n) is 6.45. The predicted octanol–water partition coefficient (Wildman–Crippen LogP) is 2.49. The first-order chi connectivity index (χ1) is 7.70. The maximum Gasteiger partial charge on any atom is 0.0537 e. The van der Waals surface area contributed by atoms with Gasteiger partial charge in [-0.05, 0) is 25.7 Å². The van der Waals surface area contributed by atoms with E-state index in [1.807, 2.05) is 6.20 Å². The zero-order valence-corrected chi connectivity index (χ0v) is 10.7. The van der Waals surface area contributed by atoms with Crippen LogP contribution < -0.4 is 5.32 Å². The standard InChI is InChI=1S/C13H23N3/c1-4-10(2)9-16-11(3)12(8-15-16)7-14-13-5-6-13/h8,10,13-14H,4-7,9H2,1-3H3. The van der Waals surface area contributed by atoms with E-state index in [4.69, 9.17) is 0 Å². The molecule has 3 nitrogen and oxygen atoms in total. The molecule has 1 aliphatic rings. The third kappa shape index (κ3) is 2.85. The molecule has 1 heterocycles. The third-order valence-electron chi connectivity index (χ3n) is 3.54. The summed E-state index contributed by atoms with van der Waals surface area (Å²) in [5.41, 5.74) is 2.68. The van der Waals surface area contributed by atoms with Crippen molar-refractivity contribution in [2.24, 2.45) is 5.92 Å². The van der Waals surface area contributed by atoms with Gasteiger partial charge in [-0.25, -0.2) is 0 Å². The fraction of sp³-hybridized carbons (Fsp3) is 0.769. The van der Waals surface area contributed by atoms with Crippen LogP contribution in [0.2, 0.25) is 0 Å². The van der Waals surface area contributed by atoms with Crippen molar-refractivity contribution in [3.05, 3.63) is 17.5 Å². The number of hydrogen-bond acceptors (Lipinski definition) is 2. The Labute approximate surface area is 98.2 Å². The van der Waals surface area contributed by atoms with Crippen molar-refractivity contribution in [2.75, 3.05) is 0 Å². The summed E-state index contributed by atoms with van der Waals surface area (Å²) in [4.78, 5) is 0. The highest BCUT2D eigenvalue weighted by Gasteiger charge is 2.20. The van der Waals surface area contributed by atoms with Crippen molar-refractivity contribution in [1.29, 1.82) is 0 Å². The maximum atomic E-state index is 4.48. The fourth-order valence-electron chi connectivity index (χ4n) is 1.81. The predicted molar refractivity (Wildman–Crippen MR) is 66.3 cm³/mol. The minimum atomic E-state index is 0.711. The SMILES string of the molecule is CCC(C)Cn1ncc(CNC2CC2)c1C. The Morgan fingerprint density at radius 1 is 1.56 bits per heavy atom. The Hall–Kier alpha value is -0.830. The quantitative estimate of drug-likeness (QED) is 0.800. The molecule has 1 aliphatic carbocycles. The Kier molecular flexibility index (Phi) is 3.64. The van der Waals surface area contributed by atoms with Crippen molar-refractivity contribution in [3.8, 4) is 0 Å². The van der Waals surface area contributed by atoms with Gasteiger partial charge in [0, 0.05) is 30.4 Å². The lowest BCUT2D eigenvalue weighted by molar-refractivity contribution is 0.432. The van der Waals surface area contributed by atoms with E-state index in [1.165, 1.54) is 30.5 Å². The molecule has 0 aromatic carbocycles. The van der Waals surface area contributed by atoms with Gasteiger partial charge in [-0.3, -0.25) is 4.68 Å². The summed E-state index contributed by atoms with van der Waals surface area (Å²) in [6.45, 7) is 8.73. The van der Waals surface area contributed by atoms with Crippen LogP contribution in [-0.2, 0) is 13.1 Å². The first-order valence-corrected chi connectivity index (χ1v) is 6.45. The third-order valence-corrected chi connectivity index (χ3v) is 3.54. The molecular weight excluding hydrogens is 198 g/mol. The van der Waals surface area contributed by atoms with Crippen molar-refractivity contribution in [2.45, 2.75) is 59.2 Å². The second kappa shape index (κ2) is 5.00. The molecule has 90 valence electrons. The van der Waals surface area contributed by atoms with Crippen LogP contribution >= 0.6 is 0 Å². The summed E-state index contributed by atoms with van der Waals surface area (Å²) in [6.07, 6.45) is 5.93. The molecule has 3 heteroatoms. The fourth-order valence-corrected chi connectivity index (χ4v) is 1.81. The second-order valence-corrected chi connectivity index (χ2v) is 5.11. The molecule has 2 rings (SSSR count). The van der Waals surface area contributed by atoms with Crippen molar-refractivity contribution in [3.63, 3.8) is 0 Å². The molecule has 0 aliphatic heterocycles. The average Bonchev–Trinajstić information content (AvgIpc) is 3.05. The molecule has 1 aromatic rings. The van der Waals surface area contributed by atoms with Crippen molar-refractivity contribution < 1.29 is 0 Å². The highest BCUT2D eigenvalue weighted by atomic mass is 15.3. The van der Waals surface area contributed by atoms with Crippen LogP contribution in [0, 0.1) is 12.8 Å². The molecule has 1 fully saturated rings. The highest BCUT2D eigenvalue weighted by Crippen LogP contribution is 2.20. The van der Waals surface area contributed by atoms with E-state index in [0.717, 1.165) is 19.1 Å². The van der Waals surface area contributed by atoms with E-state index < -0.39 is 0 Å². The van der Waals surface area contributed by atoms with Gasteiger partial charge in [0.05, 0.1) is 6.20 Å². The Bertz CT molecular complexity index is 339. The van der Waals surface area contributed by atoms with Crippen LogP contribution in [0.3, 0.4) is 0 Å². The number of rotatable bonds is 6. The number of hydrogen-bond donors (Lipinski definition) is 1. The molecule has 0 amide bonds. The molecule has 0 spiro atoms. The van der Waals surface area contributed by atoms with E-state index in [-0.39, 0.29) is 0 Å². The molecule has 1 N–H and O–H groups in total. The van der Waals surface area contributed by atoms with Gasteiger partial charge in [0.1, 0.15) is 0 Å². The molecule has 0 bridgehead atoms. The number of aromatic nitrogens is 2. The Balaban J connectivity index is 1.92. The average molecular weight is 221 g/mol. The summed E-state index contributed by atoms with van der Waals surface area (Å²) >= 11 is 0. The van der Waals surface area contributed by atoms with E-state index in [1.54, 1.807) is 0 Å². The normalized spacial score (nSPS) is 17.7. The summed E-state index contributed by atoms with van der Waals surface area (Å²) in [7, 11) is 0. The van der Waals surface area contributed by atoms with Crippen LogP contribution in [0.25, 0.3) is 0 Å². The van der Waals surface area contributed by atoms with Gasteiger partial charge in [-0.1, -0.05) is 20.3 Å². The zero-order chi connectivity index (χ0) is 11.5. The summed E-state index contributed by atoms with van der Waals surface area (Å²) < 4.78 is 2.15. The molecule has 1 atom stereocenters. The van der Waals surface area contributed by atoms with E-state index in [0.29, 0.717) is 5.92 Å². The molecule has 0 radical (unpaired) electrons.